The van der Waals surface area contributed by atoms with Crippen LogP contribution in [-0.4, -0.2) is 20.3 Å². The molecule has 0 saturated heterocycles. The van der Waals surface area contributed by atoms with Crippen molar-refractivity contribution in [3.63, 3.8) is 0 Å². The molecule has 0 aliphatic carbocycles. The molecule has 0 saturated carbocycles. The molecule has 5 heteroatoms. The van der Waals surface area contributed by atoms with Gasteiger partial charge in [0.2, 0.25) is 0 Å². The zero-order valence-electron chi connectivity index (χ0n) is 29.5. The SMILES string of the molecule is CC(C)(C)C(=O)/C=C(\O)C(C)(C)C.Cc1[c-]c(-c2nc3cccc4c5ccccc5c5ccccc5c5ccccc5n2c34)cc(C)c1.[Ir]. The molecule has 1 N–H and O–H groups in total. The molecule has 1 radical (unpaired) electrons. The van der Waals surface area contributed by atoms with Gasteiger partial charge in [-0.2, -0.15) is 0 Å². The van der Waals surface area contributed by atoms with Gasteiger partial charge in [-0.3, -0.25) is 9.78 Å². The van der Waals surface area contributed by atoms with E-state index in [4.69, 9.17) is 4.98 Å². The number of aryl methyl sites for hydroxylation is 2. The standard InChI is InChI=1S/C33H23N2.C11H20O2.Ir/c1-21-18-22(2)20-23(19-21)33-34-30-16-9-15-29-27-13-6-4-11-25(27)24-10-3-5-12-26(24)28-14-7-8-17-31(28)35(33)32(29)30;1-10(2,3)8(12)7-9(13)11(4,5)6;/h3-19H,1-2H3;7,12H,1-6H3;/q-1;;/b;8-7-;. The van der Waals surface area contributed by atoms with Gasteiger partial charge in [-0.15, -0.1) is 34.9 Å². The van der Waals surface area contributed by atoms with E-state index >= 15 is 0 Å². The first kappa shape index (κ1) is 35.7. The van der Waals surface area contributed by atoms with Crippen molar-refractivity contribution in [2.45, 2.75) is 55.4 Å². The molecule has 0 unspecified atom stereocenters. The van der Waals surface area contributed by atoms with Crippen molar-refractivity contribution < 1.29 is 30.0 Å². The summed E-state index contributed by atoms with van der Waals surface area (Å²) in [6.45, 7) is 15.4. The van der Waals surface area contributed by atoms with Gasteiger partial charge < -0.3 is 9.51 Å². The second-order valence-electron chi connectivity index (χ2n) is 14.7. The summed E-state index contributed by atoms with van der Waals surface area (Å²) >= 11 is 0. The summed E-state index contributed by atoms with van der Waals surface area (Å²) < 4.78 is 2.35. The van der Waals surface area contributed by atoms with Crippen LogP contribution in [0.2, 0.25) is 0 Å². The van der Waals surface area contributed by atoms with Gasteiger partial charge in [-0.1, -0.05) is 134 Å². The average molecular weight is 824 g/mol. The van der Waals surface area contributed by atoms with Crippen LogP contribution in [0.25, 0.3) is 60.3 Å². The van der Waals surface area contributed by atoms with E-state index in [-0.39, 0.29) is 37.1 Å². The molecule has 0 bridgehead atoms. The molecule has 5 aromatic carbocycles. The van der Waals surface area contributed by atoms with Crippen LogP contribution in [0.5, 0.6) is 0 Å². The smallest absolute Gasteiger partial charge is 0.164 e. The number of carbonyl (C=O) groups excluding carboxylic acids is 1. The van der Waals surface area contributed by atoms with E-state index in [1.165, 1.54) is 44.0 Å². The third kappa shape index (κ3) is 7.10. The molecule has 7 rings (SSSR count). The molecular weight excluding hydrogens is 781 g/mol. The van der Waals surface area contributed by atoms with Crippen molar-refractivity contribution in [1.29, 1.82) is 0 Å². The minimum atomic E-state index is -0.417. The van der Waals surface area contributed by atoms with E-state index in [0.717, 1.165) is 33.5 Å². The first-order chi connectivity index (χ1) is 22.7. The van der Waals surface area contributed by atoms with E-state index in [1.807, 2.05) is 41.5 Å². The molecular formula is C44H43IrN2O2-. The Labute approximate surface area is 302 Å². The van der Waals surface area contributed by atoms with Crippen LogP contribution >= 0.6 is 0 Å². The van der Waals surface area contributed by atoms with Crippen molar-refractivity contribution >= 4 is 54.7 Å². The van der Waals surface area contributed by atoms with Crippen LogP contribution in [0.1, 0.15) is 52.7 Å². The number of ketones is 1. The molecule has 4 nitrogen and oxygen atoms in total. The van der Waals surface area contributed by atoms with Gasteiger partial charge >= 0.3 is 0 Å². The van der Waals surface area contributed by atoms with Crippen LogP contribution in [0, 0.1) is 30.7 Å². The van der Waals surface area contributed by atoms with E-state index in [2.05, 4.69) is 127 Å². The number of aliphatic hydroxyl groups is 1. The quantitative estimate of drug-likeness (QED) is 0.107. The van der Waals surface area contributed by atoms with Crippen LogP contribution in [0.3, 0.4) is 0 Å². The summed E-state index contributed by atoms with van der Waals surface area (Å²) in [5.41, 5.74) is 5.82. The third-order valence-electron chi connectivity index (χ3n) is 8.71. The van der Waals surface area contributed by atoms with Gasteiger partial charge in [-0.05, 0) is 33.7 Å². The number of hydrogen-bond donors (Lipinski definition) is 1. The van der Waals surface area contributed by atoms with Crippen LogP contribution < -0.4 is 0 Å². The first-order valence-electron chi connectivity index (χ1n) is 16.5. The average Bonchev–Trinajstić information content (AvgIpc) is 3.45. The van der Waals surface area contributed by atoms with Crippen LogP contribution in [0.4, 0.5) is 0 Å². The molecule has 251 valence electrons. The predicted octanol–water partition coefficient (Wildman–Crippen LogP) is 11.7. The largest absolute Gasteiger partial charge is 0.512 e. The Morgan fingerprint density at radius 1 is 0.694 bits per heavy atom. The van der Waals surface area contributed by atoms with Crippen molar-refractivity contribution in [3.05, 3.63) is 132 Å². The van der Waals surface area contributed by atoms with E-state index in [9.17, 15) is 9.90 Å². The molecule has 0 aliphatic heterocycles. The van der Waals surface area contributed by atoms with E-state index in [1.54, 1.807) is 0 Å². The molecule has 0 atom stereocenters. The van der Waals surface area contributed by atoms with Crippen molar-refractivity contribution in [3.8, 4) is 11.4 Å². The molecule has 2 heterocycles. The molecule has 49 heavy (non-hydrogen) atoms. The maximum absolute atomic E-state index is 11.5. The maximum Gasteiger partial charge on any atom is 0.164 e. The Bertz CT molecular complexity index is 2400. The Hall–Kier alpha value is -4.57. The summed E-state index contributed by atoms with van der Waals surface area (Å²) in [4.78, 5) is 16.7. The van der Waals surface area contributed by atoms with Gasteiger partial charge in [0.1, 0.15) is 5.76 Å². The normalized spacial score (nSPS) is 12.2. The Kier molecular flexibility index (Phi) is 10.0. The zero-order chi connectivity index (χ0) is 34.4. The van der Waals surface area contributed by atoms with Gasteiger partial charge in [-0.25, -0.2) is 0 Å². The number of nitrogens with zero attached hydrogens (tertiary/aromatic N) is 2. The number of benzene rings is 5. The van der Waals surface area contributed by atoms with Crippen LogP contribution in [-0.2, 0) is 24.9 Å². The summed E-state index contributed by atoms with van der Waals surface area (Å²) in [6.07, 6.45) is 1.33. The van der Waals surface area contributed by atoms with Crippen molar-refractivity contribution in [1.82, 2.24) is 9.38 Å². The Morgan fingerprint density at radius 3 is 1.76 bits per heavy atom. The second kappa shape index (κ2) is 13.7. The zero-order valence-corrected chi connectivity index (χ0v) is 31.9. The van der Waals surface area contributed by atoms with E-state index in [0.29, 0.717) is 0 Å². The monoisotopic (exact) mass is 824 g/mol. The number of rotatable bonds is 2. The fourth-order valence-corrected chi connectivity index (χ4v) is 6.13. The first-order valence-corrected chi connectivity index (χ1v) is 16.5. The van der Waals surface area contributed by atoms with Crippen molar-refractivity contribution in [2.75, 3.05) is 0 Å². The van der Waals surface area contributed by atoms with Gasteiger partial charge in [0.15, 0.2) is 5.78 Å². The third-order valence-corrected chi connectivity index (χ3v) is 8.71. The Balaban J connectivity index is 0.000000288. The molecule has 0 aliphatic rings. The Morgan fingerprint density at radius 2 is 1.20 bits per heavy atom. The summed E-state index contributed by atoms with van der Waals surface area (Å²) in [7, 11) is 0. The van der Waals surface area contributed by atoms with Gasteiger partial charge in [0.05, 0.1) is 16.9 Å². The molecule has 2 aromatic heterocycles. The number of fused-ring (bicyclic) bond motifs is 7. The number of carbonyl (C=O) groups is 1. The number of allylic oxidation sites excluding steroid dienone is 2. The van der Waals surface area contributed by atoms with Gasteiger partial charge in [0.25, 0.3) is 0 Å². The number of imidazole rings is 1. The molecule has 7 aromatic rings. The fraction of sp³-hybridized carbons (Fsp3) is 0.227. The number of aliphatic hydroxyl groups excluding tert-OH is 1. The number of para-hydroxylation sites is 2. The maximum atomic E-state index is 11.5. The summed E-state index contributed by atoms with van der Waals surface area (Å²) in [6, 6.07) is 40.6. The van der Waals surface area contributed by atoms with Crippen LogP contribution in [0.15, 0.2) is 115 Å². The topological polar surface area (TPSA) is 54.6 Å². The summed E-state index contributed by atoms with van der Waals surface area (Å²) in [5.74, 6) is 1.02. The number of aromatic nitrogens is 2. The second-order valence-corrected chi connectivity index (χ2v) is 14.7. The molecule has 0 amide bonds. The minimum Gasteiger partial charge on any atom is -0.512 e. The van der Waals surface area contributed by atoms with Crippen molar-refractivity contribution in [2.24, 2.45) is 10.8 Å². The summed E-state index contributed by atoms with van der Waals surface area (Å²) in [5, 5.41) is 16.9. The van der Waals surface area contributed by atoms with Gasteiger partial charge in [0, 0.05) is 53.3 Å². The minimum absolute atomic E-state index is 0. The van der Waals surface area contributed by atoms with E-state index < -0.39 is 5.41 Å². The number of hydrogen-bond acceptors (Lipinski definition) is 3. The fourth-order valence-electron chi connectivity index (χ4n) is 6.13. The molecule has 0 fully saturated rings. The molecule has 0 spiro atoms. The predicted molar refractivity (Wildman–Crippen MR) is 202 cm³/mol.